The van der Waals surface area contributed by atoms with Gasteiger partial charge < -0.3 is 9.47 Å². The summed E-state index contributed by atoms with van der Waals surface area (Å²) in [6, 6.07) is 5.10. The van der Waals surface area contributed by atoms with Crippen LogP contribution in [0.15, 0.2) is 36.4 Å². The number of hydrogen-bond acceptors (Lipinski definition) is 5. The molecule has 0 aliphatic carbocycles. The van der Waals surface area contributed by atoms with E-state index >= 15 is 0 Å². The molecule has 1 aromatic carbocycles. The van der Waals surface area contributed by atoms with Gasteiger partial charge in [-0.15, -0.1) is 6.58 Å². The van der Waals surface area contributed by atoms with Crippen molar-refractivity contribution in [2.24, 2.45) is 0 Å². The third-order valence-electron chi connectivity index (χ3n) is 3.23. The van der Waals surface area contributed by atoms with Crippen LogP contribution in [0.4, 0.5) is 0 Å². The highest BCUT2D eigenvalue weighted by Crippen LogP contribution is 2.27. The van der Waals surface area contributed by atoms with Crippen molar-refractivity contribution in [1.29, 1.82) is 0 Å². The van der Waals surface area contributed by atoms with Gasteiger partial charge in [0.05, 0.1) is 14.2 Å². The van der Waals surface area contributed by atoms with Gasteiger partial charge in [-0.05, 0) is 36.5 Å². The van der Waals surface area contributed by atoms with E-state index in [0.717, 1.165) is 0 Å². The van der Waals surface area contributed by atoms with E-state index in [2.05, 4.69) is 11.9 Å². The number of nitrogens with one attached hydrogen (secondary N) is 1. The summed E-state index contributed by atoms with van der Waals surface area (Å²) in [5.41, 5.74) is 0.517. The summed E-state index contributed by atoms with van der Waals surface area (Å²) in [5.74, 6) is 0.0656. The predicted octanol–water partition coefficient (Wildman–Crippen LogP) is 1.52. The Hall–Kier alpha value is -2.67. The third-order valence-corrected chi connectivity index (χ3v) is 3.56. The van der Waals surface area contributed by atoms with E-state index in [9.17, 15) is 9.59 Å². The number of hydrogen-bond donors (Lipinski definition) is 1. The van der Waals surface area contributed by atoms with Crippen LogP contribution >= 0.6 is 12.2 Å². The maximum atomic E-state index is 12.5. The zero-order chi connectivity index (χ0) is 17.0. The lowest BCUT2D eigenvalue weighted by Crippen LogP contribution is -2.53. The lowest BCUT2D eigenvalue weighted by Gasteiger charge is -2.27. The molecule has 1 saturated heterocycles. The average molecular weight is 332 g/mol. The van der Waals surface area contributed by atoms with E-state index < -0.39 is 11.8 Å². The van der Waals surface area contributed by atoms with Gasteiger partial charge in [0.1, 0.15) is 17.1 Å². The molecule has 7 heteroatoms. The van der Waals surface area contributed by atoms with Gasteiger partial charge in [-0.25, -0.2) is 0 Å². The van der Waals surface area contributed by atoms with Crippen molar-refractivity contribution in [3.8, 4) is 11.5 Å². The van der Waals surface area contributed by atoms with Gasteiger partial charge in [0.2, 0.25) is 0 Å². The molecule has 0 unspecified atom stereocenters. The topological polar surface area (TPSA) is 67.9 Å². The van der Waals surface area contributed by atoms with Gasteiger partial charge in [-0.2, -0.15) is 0 Å². The molecule has 0 saturated carbocycles. The van der Waals surface area contributed by atoms with Crippen LogP contribution in [0.5, 0.6) is 11.5 Å². The van der Waals surface area contributed by atoms with Crippen LogP contribution < -0.4 is 14.8 Å². The van der Waals surface area contributed by atoms with Crippen molar-refractivity contribution in [2.75, 3.05) is 20.8 Å². The summed E-state index contributed by atoms with van der Waals surface area (Å²) in [7, 11) is 3.03. The highest BCUT2D eigenvalue weighted by atomic mass is 32.1. The van der Waals surface area contributed by atoms with E-state index in [-0.39, 0.29) is 17.2 Å². The quantitative estimate of drug-likeness (QED) is 0.383. The maximum Gasteiger partial charge on any atom is 0.265 e. The standard InChI is InChI=1S/C16H16N2O4S/c1-4-7-18-15(20)12(14(19)17-16(18)23)9-10-8-11(21-2)5-6-13(10)22-3/h4-6,8-9H,1,7H2,2-3H3,(H,17,19,23)/b12-9+. The molecule has 0 radical (unpaired) electrons. The predicted molar refractivity (Wildman–Crippen MR) is 90.2 cm³/mol. The van der Waals surface area contributed by atoms with E-state index in [1.807, 2.05) is 0 Å². The molecule has 2 rings (SSSR count). The molecule has 0 aromatic heterocycles. The van der Waals surface area contributed by atoms with Crippen molar-refractivity contribution >= 4 is 35.2 Å². The zero-order valence-corrected chi connectivity index (χ0v) is 13.6. The van der Waals surface area contributed by atoms with Crippen LogP contribution in [0.1, 0.15) is 5.56 Å². The Kier molecular flexibility index (Phi) is 5.13. The molecule has 2 amide bonds. The average Bonchev–Trinajstić information content (AvgIpc) is 2.55. The van der Waals surface area contributed by atoms with Crippen molar-refractivity contribution < 1.29 is 19.1 Å². The first-order valence-electron chi connectivity index (χ1n) is 6.73. The summed E-state index contributed by atoms with van der Waals surface area (Å²) < 4.78 is 10.4. The Morgan fingerprint density at radius 3 is 2.65 bits per heavy atom. The summed E-state index contributed by atoms with van der Waals surface area (Å²) in [6.45, 7) is 3.79. The number of thiocarbonyl (C=S) groups is 1. The summed E-state index contributed by atoms with van der Waals surface area (Å²) in [4.78, 5) is 25.9. The number of nitrogens with zero attached hydrogens (tertiary/aromatic N) is 1. The molecule has 1 aromatic rings. The summed E-state index contributed by atoms with van der Waals surface area (Å²) >= 11 is 5.01. The van der Waals surface area contributed by atoms with Crippen LogP contribution in [-0.4, -0.2) is 42.6 Å². The number of benzene rings is 1. The molecule has 0 atom stereocenters. The van der Waals surface area contributed by atoms with Crippen LogP contribution in [-0.2, 0) is 9.59 Å². The molecule has 23 heavy (non-hydrogen) atoms. The summed E-state index contributed by atoms with van der Waals surface area (Å²) in [5, 5.41) is 2.55. The fourth-order valence-electron chi connectivity index (χ4n) is 2.10. The normalized spacial score (nSPS) is 16.3. The van der Waals surface area contributed by atoms with Crippen LogP contribution in [0, 0.1) is 0 Å². The highest BCUT2D eigenvalue weighted by molar-refractivity contribution is 7.80. The second-order valence-electron chi connectivity index (χ2n) is 4.63. The van der Waals surface area contributed by atoms with Crippen molar-refractivity contribution in [2.45, 2.75) is 0 Å². The van der Waals surface area contributed by atoms with Crippen LogP contribution in [0.3, 0.4) is 0 Å². The molecule has 1 fully saturated rings. The molecule has 1 aliphatic heterocycles. The third kappa shape index (κ3) is 3.40. The van der Waals surface area contributed by atoms with Crippen LogP contribution in [0.25, 0.3) is 6.08 Å². The number of carbonyl (C=O) groups excluding carboxylic acids is 2. The lowest BCUT2D eigenvalue weighted by molar-refractivity contribution is -0.128. The minimum absolute atomic E-state index is 0.0352. The zero-order valence-electron chi connectivity index (χ0n) is 12.8. The van der Waals surface area contributed by atoms with E-state index in [0.29, 0.717) is 17.1 Å². The fourth-order valence-corrected chi connectivity index (χ4v) is 2.35. The molecular weight excluding hydrogens is 316 g/mol. The van der Waals surface area contributed by atoms with Gasteiger partial charge in [-0.1, -0.05) is 6.08 Å². The maximum absolute atomic E-state index is 12.5. The second kappa shape index (κ2) is 7.06. The van der Waals surface area contributed by atoms with Gasteiger partial charge in [0.15, 0.2) is 5.11 Å². The monoisotopic (exact) mass is 332 g/mol. The second-order valence-corrected chi connectivity index (χ2v) is 5.02. The van der Waals surface area contributed by atoms with Gasteiger partial charge in [0.25, 0.3) is 11.8 Å². The molecule has 1 N–H and O–H groups in total. The number of methoxy groups -OCH3 is 2. The molecule has 0 bridgehead atoms. The van der Waals surface area contributed by atoms with Crippen LogP contribution in [0.2, 0.25) is 0 Å². The number of rotatable bonds is 5. The highest BCUT2D eigenvalue weighted by Gasteiger charge is 2.32. The van der Waals surface area contributed by atoms with E-state index in [4.69, 9.17) is 21.7 Å². The number of carbonyl (C=O) groups is 2. The first-order chi connectivity index (χ1) is 11.0. The van der Waals surface area contributed by atoms with Gasteiger partial charge in [0, 0.05) is 12.1 Å². The summed E-state index contributed by atoms with van der Waals surface area (Å²) in [6.07, 6.45) is 2.99. The van der Waals surface area contributed by atoms with E-state index in [1.54, 1.807) is 18.2 Å². The molecule has 6 nitrogen and oxygen atoms in total. The number of ether oxygens (including phenoxy) is 2. The largest absolute Gasteiger partial charge is 0.497 e. The Labute approximate surface area is 139 Å². The first kappa shape index (κ1) is 16.7. The SMILES string of the molecule is C=CCN1C(=O)/C(=C/c2cc(OC)ccc2OC)C(=O)NC1=S. The first-order valence-corrected chi connectivity index (χ1v) is 7.14. The Morgan fingerprint density at radius 1 is 1.30 bits per heavy atom. The molecule has 0 spiro atoms. The van der Waals surface area contributed by atoms with Gasteiger partial charge in [-0.3, -0.25) is 19.8 Å². The minimum Gasteiger partial charge on any atom is -0.497 e. The molecule has 1 aliphatic rings. The fraction of sp³-hybridized carbons (Fsp3) is 0.188. The minimum atomic E-state index is -0.551. The smallest absolute Gasteiger partial charge is 0.265 e. The molecular formula is C16H16N2O4S. The van der Waals surface area contributed by atoms with Crippen molar-refractivity contribution in [3.63, 3.8) is 0 Å². The Morgan fingerprint density at radius 2 is 2.04 bits per heavy atom. The van der Waals surface area contributed by atoms with Crippen molar-refractivity contribution in [1.82, 2.24) is 10.2 Å². The molecule has 1 heterocycles. The van der Waals surface area contributed by atoms with E-state index in [1.165, 1.54) is 31.3 Å². The lowest BCUT2D eigenvalue weighted by atomic mass is 10.1. The van der Waals surface area contributed by atoms with Crippen molar-refractivity contribution in [3.05, 3.63) is 42.0 Å². The Balaban J connectivity index is 2.48. The molecule has 120 valence electrons. The number of amides is 2. The van der Waals surface area contributed by atoms with Gasteiger partial charge >= 0.3 is 0 Å². The Bertz CT molecular complexity index is 712.